The highest BCUT2D eigenvalue weighted by atomic mass is 32.2. The lowest BCUT2D eigenvalue weighted by atomic mass is 9.93. The van der Waals surface area contributed by atoms with Crippen molar-refractivity contribution in [2.24, 2.45) is 4.36 Å². The molecule has 7 nitrogen and oxygen atoms in total. The number of methoxy groups -OCH3 is 1. The predicted octanol–water partition coefficient (Wildman–Crippen LogP) is 2.55. The topological polar surface area (TPSA) is 88.1 Å². The van der Waals surface area contributed by atoms with E-state index in [9.17, 15) is 13.2 Å². The number of ether oxygens (including phenoxy) is 1. The van der Waals surface area contributed by atoms with Crippen molar-refractivity contribution >= 4 is 39.4 Å². The molecule has 142 valence electrons. The predicted molar refractivity (Wildman–Crippen MR) is 103 cm³/mol. The molecular weight excluding hydrogens is 374 g/mol. The molecule has 1 saturated carbocycles. The Hall–Kier alpha value is -2.00. The molecule has 1 N–H and O–H groups in total. The van der Waals surface area contributed by atoms with Gasteiger partial charge in [-0.15, -0.1) is 4.36 Å². The lowest BCUT2D eigenvalue weighted by Gasteiger charge is -2.32. The van der Waals surface area contributed by atoms with E-state index in [1.54, 1.807) is 30.1 Å². The van der Waals surface area contributed by atoms with E-state index in [0.717, 1.165) is 12.0 Å². The molecule has 26 heavy (non-hydrogen) atoms. The molecular formula is C17H23N3O4S2. The normalized spacial score (nSPS) is 15.5. The first-order valence-corrected chi connectivity index (χ1v) is 9.79. The molecule has 0 radical (unpaired) electrons. The van der Waals surface area contributed by atoms with Crippen LogP contribution in [0.5, 0.6) is 5.75 Å². The van der Waals surface area contributed by atoms with Crippen LogP contribution in [0.25, 0.3) is 0 Å². The van der Waals surface area contributed by atoms with Gasteiger partial charge in [0, 0.05) is 13.1 Å². The van der Waals surface area contributed by atoms with Crippen LogP contribution in [0.2, 0.25) is 0 Å². The van der Waals surface area contributed by atoms with E-state index in [2.05, 4.69) is 9.68 Å². The minimum atomic E-state index is -2.61. The number of nitrogens with zero attached hydrogens (tertiary/aromatic N) is 2. The van der Waals surface area contributed by atoms with Gasteiger partial charge in [0.2, 0.25) is 5.91 Å². The van der Waals surface area contributed by atoms with Gasteiger partial charge in [-0.2, -0.15) is 8.42 Å². The lowest BCUT2D eigenvalue weighted by molar-refractivity contribution is -0.131. The molecule has 1 unspecified atom stereocenters. The third-order valence-electron chi connectivity index (χ3n) is 4.75. The highest BCUT2D eigenvalue weighted by Gasteiger charge is 2.54. The summed E-state index contributed by atoms with van der Waals surface area (Å²) < 4.78 is 30.7. The Morgan fingerprint density at radius 1 is 1.46 bits per heavy atom. The second-order valence-corrected chi connectivity index (χ2v) is 7.27. The molecule has 1 aromatic rings. The van der Waals surface area contributed by atoms with Crippen molar-refractivity contribution in [3.05, 3.63) is 23.8 Å². The average Bonchev–Trinajstić information content (AvgIpc) is 3.42. The Labute approximate surface area is 160 Å². The monoisotopic (exact) mass is 397 g/mol. The number of carbonyl (C=O) groups is 1. The maximum absolute atomic E-state index is 13.3. The molecule has 1 aromatic carbocycles. The molecule has 1 amide bonds. The second kappa shape index (κ2) is 8.13. The molecule has 1 atom stereocenters. The second-order valence-electron chi connectivity index (χ2n) is 6.26. The number of carbonyl (C=O) groups excluding carboxylic acids is 1. The largest absolute Gasteiger partial charge is 0.494 e. The molecule has 0 spiro atoms. The van der Waals surface area contributed by atoms with Crippen molar-refractivity contribution in [1.29, 1.82) is 0 Å². The first-order chi connectivity index (χ1) is 12.3. The van der Waals surface area contributed by atoms with Crippen molar-refractivity contribution in [2.75, 3.05) is 14.2 Å². The smallest absolute Gasteiger partial charge is 0.316 e. The summed E-state index contributed by atoms with van der Waals surface area (Å²) >= 11 is 5.34. The molecule has 9 heteroatoms. The minimum absolute atomic E-state index is 0.0449. The zero-order valence-electron chi connectivity index (χ0n) is 15.3. The van der Waals surface area contributed by atoms with Crippen molar-refractivity contribution in [3.63, 3.8) is 0 Å². The van der Waals surface area contributed by atoms with Gasteiger partial charge in [-0.25, -0.2) is 0 Å². The average molecular weight is 398 g/mol. The maximum Gasteiger partial charge on any atom is 0.316 e. The summed E-state index contributed by atoms with van der Waals surface area (Å²) in [6.45, 7) is 3.95. The van der Waals surface area contributed by atoms with Gasteiger partial charge in [0.05, 0.1) is 12.5 Å². The standard InChI is InChI=1S/C17H23N3O4S2/c1-5-11(2)20(16(25)18-3)15(21)17(8-9-17)12-6-7-14(24-4)13(10-12)19-26(22)23/h6-7,10-11H,5,8-9H2,1-4H3,(H,18,25). The zero-order chi connectivity index (χ0) is 19.5. The number of benzene rings is 1. The van der Waals surface area contributed by atoms with Crippen LogP contribution in [0.4, 0.5) is 5.69 Å². The van der Waals surface area contributed by atoms with E-state index in [-0.39, 0.29) is 17.6 Å². The fraction of sp³-hybridized carbons (Fsp3) is 0.529. The molecule has 0 aliphatic heterocycles. The number of nitrogens with one attached hydrogen (secondary N) is 1. The number of hydrogen-bond donors (Lipinski definition) is 1. The summed E-state index contributed by atoms with van der Waals surface area (Å²) in [5, 5.41) is 3.27. The maximum atomic E-state index is 13.3. The van der Waals surface area contributed by atoms with Crippen molar-refractivity contribution in [2.45, 2.75) is 44.6 Å². The van der Waals surface area contributed by atoms with Crippen LogP contribution in [0, 0.1) is 0 Å². The zero-order valence-corrected chi connectivity index (χ0v) is 16.9. The van der Waals surface area contributed by atoms with Gasteiger partial charge in [0.15, 0.2) is 5.11 Å². The van der Waals surface area contributed by atoms with Gasteiger partial charge >= 0.3 is 10.5 Å². The number of hydrogen-bond acceptors (Lipinski definition) is 6. The van der Waals surface area contributed by atoms with Crippen LogP contribution in [0.3, 0.4) is 0 Å². The Balaban J connectivity index is 2.48. The van der Waals surface area contributed by atoms with E-state index in [1.807, 2.05) is 13.8 Å². The fourth-order valence-corrected chi connectivity index (χ4v) is 3.48. The number of amides is 1. The molecule has 0 aromatic heterocycles. The highest BCUT2D eigenvalue weighted by Crippen LogP contribution is 2.51. The summed E-state index contributed by atoms with van der Waals surface area (Å²) in [5.41, 5.74) is 0.203. The summed E-state index contributed by atoms with van der Waals surface area (Å²) in [5.74, 6) is 0.260. The van der Waals surface area contributed by atoms with Gasteiger partial charge in [-0.3, -0.25) is 9.69 Å². The van der Waals surface area contributed by atoms with E-state index >= 15 is 0 Å². The van der Waals surface area contributed by atoms with Crippen LogP contribution >= 0.6 is 12.2 Å². The van der Waals surface area contributed by atoms with Crippen LogP contribution in [0.1, 0.15) is 38.7 Å². The summed E-state index contributed by atoms with van der Waals surface area (Å²) in [4.78, 5) is 15.0. The third kappa shape index (κ3) is 3.88. The number of thiocarbonyl (C=S) groups is 1. The molecule has 0 saturated heterocycles. The van der Waals surface area contributed by atoms with E-state index in [4.69, 9.17) is 17.0 Å². The molecule has 0 bridgehead atoms. The fourth-order valence-electron chi connectivity index (χ4n) is 2.92. The Bertz CT molecular complexity index is 840. The minimum Gasteiger partial charge on any atom is -0.494 e. The van der Waals surface area contributed by atoms with Gasteiger partial charge in [0.1, 0.15) is 11.4 Å². The molecule has 2 rings (SSSR count). The highest BCUT2D eigenvalue weighted by molar-refractivity contribution is 7.80. The Morgan fingerprint density at radius 2 is 2.12 bits per heavy atom. The van der Waals surface area contributed by atoms with Crippen molar-refractivity contribution < 1.29 is 17.9 Å². The quantitative estimate of drug-likeness (QED) is 0.742. The van der Waals surface area contributed by atoms with Crippen LogP contribution in [-0.2, 0) is 20.7 Å². The summed E-state index contributed by atoms with van der Waals surface area (Å²) in [6.07, 6.45) is 2.12. The Morgan fingerprint density at radius 3 is 2.58 bits per heavy atom. The van der Waals surface area contributed by atoms with Gasteiger partial charge in [0.25, 0.3) is 0 Å². The van der Waals surface area contributed by atoms with Crippen LogP contribution in [0.15, 0.2) is 22.6 Å². The van der Waals surface area contributed by atoms with Crippen molar-refractivity contribution in [1.82, 2.24) is 10.2 Å². The molecule has 1 aliphatic carbocycles. The van der Waals surface area contributed by atoms with Crippen molar-refractivity contribution in [3.8, 4) is 5.75 Å². The van der Waals surface area contributed by atoms with Gasteiger partial charge in [-0.1, -0.05) is 13.0 Å². The van der Waals surface area contributed by atoms with Crippen LogP contribution < -0.4 is 10.1 Å². The summed E-state index contributed by atoms with van der Waals surface area (Å²) in [7, 11) is 0.522. The molecule has 1 fully saturated rings. The van der Waals surface area contributed by atoms with Gasteiger partial charge < -0.3 is 10.1 Å². The third-order valence-corrected chi connectivity index (χ3v) is 5.49. The van der Waals surface area contributed by atoms with E-state index < -0.39 is 15.9 Å². The Kier molecular flexibility index (Phi) is 6.35. The van der Waals surface area contributed by atoms with Crippen LogP contribution in [-0.4, -0.2) is 44.5 Å². The molecule has 0 heterocycles. The SMILES string of the molecule is CCC(C)N(C(=O)C1(c2ccc(OC)c(N=S(=O)=O)c2)CC1)C(=S)NC. The van der Waals surface area contributed by atoms with E-state index in [0.29, 0.717) is 23.7 Å². The molecule has 1 aliphatic rings. The first kappa shape index (κ1) is 20.3. The first-order valence-electron chi connectivity index (χ1n) is 8.35. The van der Waals surface area contributed by atoms with E-state index in [1.165, 1.54) is 7.11 Å². The number of rotatable bonds is 6. The lowest BCUT2D eigenvalue weighted by Crippen LogP contribution is -2.51. The summed E-state index contributed by atoms with van der Waals surface area (Å²) in [6, 6.07) is 4.99. The van der Waals surface area contributed by atoms with Gasteiger partial charge in [-0.05, 0) is 56.1 Å².